The van der Waals surface area contributed by atoms with Gasteiger partial charge in [0.15, 0.2) is 0 Å². The maximum absolute atomic E-state index is 12.1. The predicted molar refractivity (Wildman–Crippen MR) is 79.4 cm³/mol. The van der Waals surface area contributed by atoms with Crippen LogP contribution in [0.1, 0.15) is 22.2 Å². The van der Waals surface area contributed by atoms with Crippen LogP contribution in [-0.4, -0.2) is 11.2 Å². The van der Waals surface area contributed by atoms with Gasteiger partial charge in [-0.2, -0.15) is 0 Å². The minimum Gasteiger partial charge on any atom is -0.341 e. The van der Waals surface area contributed by atoms with Crippen molar-refractivity contribution in [3.05, 3.63) is 58.3 Å². The molecule has 0 aliphatic carbocycles. The molecule has 0 aliphatic rings. The standard InChI is InChI=1S/C14H14BrNOS/c1-14(10-15,11-6-3-2-4-7-11)16-13(17)12-8-5-9-18-12/h2-9H,10H2,1H3,(H,16,17). The van der Waals surface area contributed by atoms with E-state index in [0.29, 0.717) is 5.33 Å². The van der Waals surface area contributed by atoms with Crippen LogP contribution in [0.2, 0.25) is 0 Å². The Kier molecular flexibility index (Phi) is 4.19. The maximum atomic E-state index is 12.1. The summed E-state index contributed by atoms with van der Waals surface area (Å²) in [5.41, 5.74) is 0.689. The molecule has 2 nitrogen and oxygen atoms in total. The minimum absolute atomic E-state index is 0.0317. The molecule has 4 heteroatoms. The normalized spacial score (nSPS) is 13.9. The summed E-state index contributed by atoms with van der Waals surface area (Å²) in [6.45, 7) is 2.02. The van der Waals surface area contributed by atoms with Crippen LogP contribution in [0.25, 0.3) is 0 Å². The lowest BCUT2D eigenvalue weighted by Gasteiger charge is -2.29. The number of hydrogen-bond acceptors (Lipinski definition) is 2. The van der Waals surface area contributed by atoms with Gasteiger partial charge in [0.25, 0.3) is 5.91 Å². The number of thiophene rings is 1. The lowest BCUT2D eigenvalue weighted by Crippen LogP contribution is -2.44. The third-order valence-electron chi connectivity index (χ3n) is 2.81. The van der Waals surface area contributed by atoms with Gasteiger partial charge in [0.2, 0.25) is 0 Å². The van der Waals surface area contributed by atoms with Gasteiger partial charge in [0, 0.05) is 5.33 Å². The van der Waals surface area contributed by atoms with Crippen molar-refractivity contribution in [2.24, 2.45) is 0 Å². The highest BCUT2D eigenvalue weighted by atomic mass is 79.9. The minimum atomic E-state index is -0.400. The van der Waals surface area contributed by atoms with E-state index in [1.54, 1.807) is 0 Å². The molecule has 2 aromatic rings. The Morgan fingerprint density at radius 2 is 2.00 bits per heavy atom. The summed E-state index contributed by atoms with van der Waals surface area (Å²) in [5, 5.41) is 5.66. The van der Waals surface area contributed by atoms with Crippen LogP contribution in [0.5, 0.6) is 0 Å². The zero-order valence-electron chi connectivity index (χ0n) is 10.0. The van der Waals surface area contributed by atoms with Crippen molar-refractivity contribution in [3.8, 4) is 0 Å². The second-order valence-corrected chi connectivity index (χ2v) is 5.77. The summed E-state index contributed by atoms with van der Waals surface area (Å²) >= 11 is 4.94. The monoisotopic (exact) mass is 323 g/mol. The van der Waals surface area contributed by atoms with E-state index in [1.165, 1.54) is 11.3 Å². The molecule has 0 saturated heterocycles. The fourth-order valence-corrected chi connectivity index (χ4v) is 2.79. The highest BCUT2D eigenvalue weighted by Gasteiger charge is 2.27. The molecule has 0 fully saturated rings. The van der Waals surface area contributed by atoms with Gasteiger partial charge in [0.1, 0.15) is 0 Å². The number of hydrogen-bond donors (Lipinski definition) is 1. The van der Waals surface area contributed by atoms with E-state index in [0.717, 1.165) is 10.4 Å². The predicted octanol–water partition coefficient (Wildman–Crippen LogP) is 3.79. The Balaban J connectivity index is 2.21. The number of carbonyl (C=O) groups excluding carboxylic acids is 1. The third kappa shape index (κ3) is 2.82. The molecule has 94 valence electrons. The summed E-state index contributed by atoms with van der Waals surface area (Å²) in [5.74, 6) is -0.0317. The smallest absolute Gasteiger partial charge is 0.262 e. The second kappa shape index (κ2) is 5.67. The molecule has 1 amide bonds. The van der Waals surface area contributed by atoms with Crippen LogP contribution < -0.4 is 5.32 Å². The first-order valence-corrected chi connectivity index (χ1v) is 7.63. The zero-order valence-corrected chi connectivity index (χ0v) is 12.4. The Morgan fingerprint density at radius 1 is 1.28 bits per heavy atom. The van der Waals surface area contributed by atoms with E-state index in [9.17, 15) is 4.79 Å². The maximum Gasteiger partial charge on any atom is 0.262 e. The van der Waals surface area contributed by atoms with E-state index in [-0.39, 0.29) is 5.91 Å². The number of benzene rings is 1. The number of rotatable bonds is 4. The van der Waals surface area contributed by atoms with E-state index in [2.05, 4.69) is 21.2 Å². The van der Waals surface area contributed by atoms with Crippen molar-refractivity contribution in [1.29, 1.82) is 0 Å². The molecule has 1 heterocycles. The molecule has 0 radical (unpaired) electrons. The van der Waals surface area contributed by atoms with Gasteiger partial charge in [-0.1, -0.05) is 52.3 Å². The van der Waals surface area contributed by atoms with E-state index < -0.39 is 5.54 Å². The first-order valence-electron chi connectivity index (χ1n) is 5.63. The zero-order chi connectivity index (χ0) is 13.0. The second-order valence-electron chi connectivity index (χ2n) is 4.26. The lowest BCUT2D eigenvalue weighted by atomic mass is 9.94. The molecular weight excluding hydrogens is 310 g/mol. The van der Waals surface area contributed by atoms with Gasteiger partial charge in [-0.3, -0.25) is 4.79 Å². The van der Waals surface area contributed by atoms with Crippen LogP contribution in [-0.2, 0) is 5.54 Å². The Labute approximate surface area is 119 Å². The van der Waals surface area contributed by atoms with Crippen LogP contribution in [0.3, 0.4) is 0 Å². The van der Waals surface area contributed by atoms with E-state index in [4.69, 9.17) is 0 Å². The molecule has 0 saturated carbocycles. The quantitative estimate of drug-likeness (QED) is 0.852. The molecule has 18 heavy (non-hydrogen) atoms. The molecule has 1 aromatic heterocycles. The molecular formula is C14H14BrNOS. The fraction of sp³-hybridized carbons (Fsp3) is 0.214. The van der Waals surface area contributed by atoms with Crippen LogP contribution in [0, 0.1) is 0 Å². The first-order chi connectivity index (χ1) is 8.65. The summed E-state index contributed by atoms with van der Waals surface area (Å²) in [4.78, 5) is 12.9. The molecule has 0 aliphatic heterocycles. The molecule has 0 spiro atoms. The summed E-state index contributed by atoms with van der Waals surface area (Å²) in [6.07, 6.45) is 0. The van der Waals surface area contributed by atoms with Crippen LogP contribution >= 0.6 is 27.3 Å². The van der Waals surface area contributed by atoms with Gasteiger partial charge in [-0.15, -0.1) is 11.3 Å². The van der Waals surface area contributed by atoms with Gasteiger partial charge in [-0.25, -0.2) is 0 Å². The van der Waals surface area contributed by atoms with Crippen LogP contribution in [0.15, 0.2) is 47.8 Å². The first kappa shape index (κ1) is 13.3. The average molecular weight is 324 g/mol. The van der Waals surface area contributed by atoms with Gasteiger partial charge in [-0.05, 0) is 23.9 Å². The van der Waals surface area contributed by atoms with Crippen LogP contribution in [0.4, 0.5) is 0 Å². The summed E-state index contributed by atoms with van der Waals surface area (Å²) in [6, 6.07) is 13.7. The number of halogens is 1. The highest BCUT2D eigenvalue weighted by molar-refractivity contribution is 9.09. The Morgan fingerprint density at radius 3 is 2.56 bits per heavy atom. The number of alkyl halides is 1. The summed E-state index contributed by atoms with van der Waals surface area (Å²) < 4.78 is 0. The van der Waals surface area contributed by atoms with E-state index in [1.807, 2.05) is 54.8 Å². The molecule has 1 unspecified atom stereocenters. The molecule has 1 aromatic carbocycles. The largest absolute Gasteiger partial charge is 0.341 e. The number of nitrogens with one attached hydrogen (secondary N) is 1. The van der Waals surface area contributed by atoms with E-state index >= 15 is 0 Å². The topological polar surface area (TPSA) is 29.1 Å². The molecule has 2 rings (SSSR count). The average Bonchev–Trinajstić information content (AvgIpc) is 2.93. The molecule has 1 N–H and O–H groups in total. The van der Waals surface area contributed by atoms with Crippen molar-refractivity contribution >= 4 is 33.2 Å². The van der Waals surface area contributed by atoms with Gasteiger partial charge < -0.3 is 5.32 Å². The van der Waals surface area contributed by atoms with Gasteiger partial charge >= 0.3 is 0 Å². The molecule has 1 atom stereocenters. The molecule has 0 bridgehead atoms. The Bertz CT molecular complexity index is 512. The van der Waals surface area contributed by atoms with Crippen molar-refractivity contribution in [2.75, 3.05) is 5.33 Å². The summed E-state index contributed by atoms with van der Waals surface area (Å²) in [7, 11) is 0. The SMILES string of the molecule is CC(CBr)(NC(=O)c1cccs1)c1ccccc1. The number of carbonyl (C=O) groups is 1. The highest BCUT2D eigenvalue weighted by Crippen LogP contribution is 2.24. The number of amides is 1. The Hall–Kier alpha value is -1.13. The van der Waals surface area contributed by atoms with Crippen molar-refractivity contribution in [1.82, 2.24) is 5.32 Å². The van der Waals surface area contributed by atoms with Crippen molar-refractivity contribution < 1.29 is 4.79 Å². The fourth-order valence-electron chi connectivity index (χ4n) is 1.71. The van der Waals surface area contributed by atoms with Crippen molar-refractivity contribution in [3.63, 3.8) is 0 Å². The van der Waals surface area contributed by atoms with Gasteiger partial charge in [0.05, 0.1) is 10.4 Å². The lowest BCUT2D eigenvalue weighted by molar-refractivity contribution is 0.0918. The third-order valence-corrected chi connectivity index (χ3v) is 4.80. The van der Waals surface area contributed by atoms with Crippen molar-refractivity contribution in [2.45, 2.75) is 12.5 Å².